The number of hydrogen-bond acceptors (Lipinski definition) is 7. The molecule has 0 spiro atoms. The van der Waals surface area contributed by atoms with E-state index >= 15 is 0 Å². The molecule has 21 heavy (non-hydrogen) atoms. The van der Waals surface area contributed by atoms with Crippen LogP contribution in [-0.4, -0.2) is 55.4 Å². The van der Waals surface area contributed by atoms with Gasteiger partial charge in [0.1, 0.15) is 12.7 Å². The Morgan fingerprint density at radius 1 is 0.952 bits per heavy atom. The quantitative estimate of drug-likeness (QED) is 0.550. The van der Waals surface area contributed by atoms with Gasteiger partial charge in [-0.1, -0.05) is 0 Å². The number of halogens is 2. The first-order valence-corrected chi connectivity index (χ1v) is 6.13. The Bertz CT molecular complexity index is 414. The minimum absolute atomic E-state index is 0.474. The SMILES string of the molecule is CC(=O)OC[C@H]1O[C@H](F)[C@H](F)[C@@H](OC(C)=O)[C@@H]1OC(C)=O. The molecule has 0 N–H and O–H groups in total. The lowest BCUT2D eigenvalue weighted by Gasteiger charge is -2.39. The maximum Gasteiger partial charge on any atom is 0.303 e. The molecule has 0 amide bonds. The highest BCUT2D eigenvalue weighted by atomic mass is 19.2. The first-order valence-electron chi connectivity index (χ1n) is 6.13. The third-order valence-electron chi connectivity index (χ3n) is 2.61. The molecule has 1 aliphatic rings. The highest BCUT2D eigenvalue weighted by molar-refractivity contribution is 5.67. The van der Waals surface area contributed by atoms with E-state index in [1.54, 1.807) is 0 Å². The number of carbonyl (C=O) groups excluding carboxylic acids is 3. The van der Waals surface area contributed by atoms with Crippen molar-refractivity contribution in [1.29, 1.82) is 0 Å². The summed E-state index contributed by atoms with van der Waals surface area (Å²) < 4.78 is 46.1. The van der Waals surface area contributed by atoms with Crippen LogP contribution >= 0.6 is 0 Å². The Kier molecular flexibility index (Phi) is 6.01. The summed E-state index contributed by atoms with van der Waals surface area (Å²) in [7, 11) is 0. The van der Waals surface area contributed by atoms with Crippen molar-refractivity contribution in [3.8, 4) is 0 Å². The minimum Gasteiger partial charge on any atom is -0.463 e. The molecule has 0 radical (unpaired) electrons. The van der Waals surface area contributed by atoms with Gasteiger partial charge < -0.3 is 18.9 Å². The van der Waals surface area contributed by atoms with E-state index in [-0.39, 0.29) is 0 Å². The average molecular weight is 310 g/mol. The summed E-state index contributed by atoms with van der Waals surface area (Å²) in [5.41, 5.74) is 0. The van der Waals surface area contributed by atoms with E-state index in [9.17, 15) is 23.2 Å². The fourth-order valence-electron chi connectivity index (χ4n) is 1.85. The summed E-state index contributed by atoms with van der Waals surface area (Å²) in [5, 5.41) is 0. The zero-order valence-electron chi connectivity index (χ0n) is 11.7. The van der Waals surface area contributed by atoms with Gasteiger partial charge in [0, 0.05) is 20.8 Å². The third kappa shape index (κ3) is 4.92. The standard InChI is InChI=1S/C12H16F2O7/c1-5(15)18-4-8-10(19-6(2)16)11(20-7(3)17)9(13)12(14)21-8/h8-12H,4H2,1-3H3/t8-,9-,10-,11-,12+/m1/s1. The molecule has 7 nitrogen and oxygen atoms in total. The van der Waals surface area contributed by atoms with Crippen LogP contribution in [0.25, 0.3) is 0 Å². The Morgan fingerprint density at radius 2 is 1.48 bits per heavy atom. The van der Waals surface area contributed by atoms with Crippen LogP contribution in [0.5, 0.6) is 0 Å². The lowest BCUT2D eigenvalue weighted by atomic mass is 10.00. The number of rotatable bonds is 4. The van der Waals surface area contributed by atoms with E-state index in [1.165, 1.54) is 0 Å². The summed E-state index contributed by atoms with van der Waals surface area (Å²) in [5.74, 6) is -2.36. The molecule has 120 valence electrons. The Labute approximate surface area is 119 Å². The largest absolute Gasteiger partial charge is 0.463 e. The molecule has 0 bridgehead atoms. The topological polar surface area (TPSA) is 88.1 Å². The Balaban J connectivity index is 2.94. The molecule has 1 saturated heterocycles. The summed E-state index contributed by atoms with van der Waals surface area (Å²) >= 11 is 0. The van der Waals surface area contributed by atoms with E-state index in [0.717, 1.165) is 20.8 Å². The first-order chi connectivity index (χ1) is 9.72. The van der Waals surface area contributed by atoms with Gasteiger partial charge in [-0.25, -0.2) is 8.78 Å². The van der Waals surface area contributed by atoms with Gasteiger partial charge in [0.2, 0.25) is 6.36 Å². The number of esters is 3. The van der Waals surface area contributed by atoms with Crippen LogP contribution in [0.1, 0.15) is 20.8 Å². The van der Waals surface area contributed by atoms with Crippen LogP contribution in [0.3, 0.4) is 0 Å². The summed E-state index contributed by atoms with van der Waals surface area (Å²) in [6, 6.07) is 0. The zero-order valence-corrected chi connectivity index (χ0v) is 11.7. The average Bonchev–Trinajstić information content (AvgIpc) is 2.35. The van der Waals surface area contributed by atoms with Crippen LogP contribution in [0, 0.1) is 0 Å². The molecule has 5 atom stereocenters. The molecule has 1 heterocycles. The second-order valence-electron chi connectivity index (χ2n) is 4.42. The molecular weight excluding hydrogens is 294 g/mol. The molecular formula is C12H16F2O7. The van der Waals surface area contributed by atoms with Gasteiger partial charge in [-0.3, -0.25) is 14.4 Å². The maximum atomic E-state index is 13.8. The van der Waals surface area contributed by atoms with Crippen molar-refractivity contribution in [3.05, 3.63) is 0 Å². The fraction of sp³-hybridized carbons (Fsp3) is 0.750. The van der Waals surface area contributed by atoms with Crippen molar-refractivity contribution in [3.63, 3.8) is 0 Å². The second kappa shape index (κ2) is 7.30. The normalized spacial score (nSPS) is 32.1. The summed E-state index contributed by atoms with van der Waals surface area (Å²) in [6.07, 6.45) is -9.12. The van der Waals surface area contributed by atoms with E-state index < -0.39 is 55.4 Å². The fourth-order valence-corrected chi connectivity index (χ4v) is 1.85. The van der Waals surface area contributed by atoms with Gasteiger partial charge in [0.25, 0.3) is 0 Å². The molecule has 0 aromatic rings. The zero-order chi connectivity index (χ0) is 16.2. The van der Waals surface area contributed by atoms with Gasteiger partial charge in [0.05, 0.1) is 0 Å². The highest BCUT2D eigenvalue weighted by Gasteiger charge is 2.51. The van der Waals surface area contributed by atoms with E-state index in [4.69, 9.17) is 4.74 Å². The van der Waals surface area contributed by atoms with Gasteiger partial charge in [0.15, 0.2) is 18.4 Å². The van der Waals surface area contributed by atoms with E-state index in [2.05, 4.69) is 14.2 Å². The van der Waals surface area contributed by atoms with Crippen LogP contribution in [0.15, 0.2) is 0 Å². The number of carbonyl (C=O) groups is 3. The van der Waals surface area contributed by atoms with Crippen molar-refractivity contribution in [2.24, 2.45) is 0 Å². The first kappa shape index (κ1) is 17.3. The maximum absolute atomic E-state index is 13.8. The second-order valence-corrected chi connectivity index (χ2v) is 4.42. The Hall–Kier alpha value is -1.77. The van der Waals surface area contributed by atoms with Crippen molar-refractivity contribution in [2.45, 2.75) is 51.6 Å². The number of alkyl halides is 2. The highest BCUT2D eigenvalue weighted by Crippen LogP contribution is 2.29. The monoisotopic (exact) mass is 310 g/mol. The van der Waals surface area contributed by atoms with Gasteiger partial charge in [-0.2, -0.15) is 0 Å². The predicted molar refractivity (Wildman–Crippen MR) is 62.4 cm³/mol. The van der Waals surface area contributed by atoms with Gasteiger partial charge in [-0.15, -0.1) is 0 Å². The molecule has 1 aliphatic heterocycles. The summed E-state index contributed by atoms with van der Waals surface area (Å²) in [6.45, 7) is 2.68. The predicted octanol–water partition coefficient (Wildman–Crippen LogP) is 0.445. The minimum atomic E-state index is -2.40. The van der Waals surface area contributed by atoms with Gasteiger partial charge in [-0.05, 0) is 0 Å². The van der Waals surface area contributed by atoms with Crippen molar-refractivity contribution in [2.75, 3.05) is 6.61 Å². The van der Waals surface area contributed by atoms with Crippen molar-refractivity contribution >= 4 is 17.9 Å². The summed E-state index contributed by atoms with van der Waals surface area (Å²) in [4.78, 5) is 32.8. The molecule has 1 fully saturated rings. The Morgan fingerprint density at radius 3 is 1.95 bits per heavy atom. The molecule has 9 heteroatoms. The lowest BCUT2D eigenvalue weighted by molar-refractivity contribution is -0.259. The van der Waals surface area contributed by atoms with E-state index in [0.29, 0.717) is 0 Å². The van der Waals surface area contributed by atoms with Crippen molar-refractivity contribution < 1.29 is 42.1 Å². The molecule has 0 unspecified atom stereocenters. The molecule has 0 aromatic heterocycles. The molecule has 0 saturated carbocycles. The van der Waals surface area contributed by atoms with Crippen LogP contribution in [0.2, 0.25) is 0 Å². The molecule has 1 rings (SSSR count). The number of ether oxygens (including phenoxy) is 4. The van der Waals surface area contributed by atoms with E-state index in [1.807, 2.05) is 0 Å². The molecule has 0 aliphatic carbocycles. The third-order valence-corrected chi connectivity index (χ3v) is 2.61. The van der Waals surface area contributed by atoms with Crippen LogP contribution < -0.4 is 0 Å². The van der Waals surface area contributed by atoms with Crippen LogP contribution in [-0.2, 0) is 33.3 Å². The number of hydrogen-bond donors (Lipinski definition) is 0. The lowest BCUT2D eigenvalue weighted by Crippen LogP contribution is -2.58. The smallest absolute Gasteiger partial charge is 0.303 e. The molecule has 0 aromatic carbocycles. The van der Waals surface area contributed by atoms with Gasteiger partial charge >= 0.3 is 17.9 Å². The van der Waals surface area contributed by atoms with Crippen LogP contribution in [0.4, 0.5) is 8.78 Å². The van der Waals surface area contributed by atoms with Crippen molar-refractivity contribution in [1.82, 2.24) is 0 Å².